The summed E-state index contributed by atoms with van der Waals surface area (Å²) < 4.78 is 6.29. The summed E-state index contributed by atoms with van der Waals surface area (Å²) in [6, 6.07) is 1.25. The maximum absolute atomic E-state index is 6.29. The van der Waals surface area contributed by atoms with Gasteiger partial charge in [0, 0.05) is 30.7 Å². The Labute approximate surface area is 167 Å². The third kappa shape index (κ3) is 12.4. The topological polar surface area (TPSA) is 19.0 Å². The molecule has 0 bridgehead atoms. The number of hydrogen-bond donors (Lipinski definition) is 0. The molecule has 5 heteroatoms. The summed E-state index contributed by atoms with van der Waals surface area (Å²) in [6.07, 6.45) is 3.66. The van der Waals surface area contributed by atoms with Crippen LogP contribution in [-0.2, 0) is 4.43 Å². The molecular formula is C21H49N3OSi. The van der Waals surface area contributed by atoms with E-state index in [-0.39, 0.29) is 5.60 Å². The van der Waals surface area contributed by atoms with E-state index in [1.165, 1.54) is 64.6 Å². The molecule has 0 spiro atoms. The van der Waals surface area contributed by atoms with Crippen molar-refractivity contribution in [2.75, 3.05) is 60.4 Å². The highest BCUT2D eigenvalue weighted by Crippen LogP contribution is 2.28. The van der Waals surface area contributed by atoms with Crippen molar-refractivity contribution in [2.24, 2.45) is 5.41 Å². The summed E-state index contributed by atoms with van der Waals surface area (Å²) in [5.74, 6) is 0. The smallest absolute Gasteiger partial charge is 0.162 e. The summed E-state index contributed by atoms with van der Waals surface area (Å²) in [5.41, 5.74) is 0.299. The Bertz CT molecular complexity index is 311. The van der Waals surface area contributed by atoms with E-state index < -0.39 is 9.76 Å². The number of rotatable bonds is 15. The lowest BCUT2D eigenvalue weighted by molar-refractivity contribution is 0.0835. The first kappa shape index (κ1) is 26.1. The number of nitrogens with zero attached hydrogens (tertiary/aromatic N) is 3. The highest BCUT2D eigenvalue weighted by atomic mass is 28.2. The van der Waals surface area contributed by atoms with E-state index in [0.717, 1.165) is 0 Å². The van der Waals surface area contributed by atoms with Crippen LogP contribution in [0.3, 0.4) is 0 Å². The molecule has 4 nitrogen and oxygen atoms in total. The van der Waals surface area contributed by atoms with Crippen molar-refractivity contribution < 1.29 is 4.43 Å². The van der Waals surface area contributed by atoms with Crippen molar-refractivity contribution >= 4 is 9.76 Å². The van der Waals surface area contributed by atoms with Crippen LogP contribution < -0.4 is 0 Å². The Balaban J connectivity index is 5.34. The van der Waals surface area contributed by atoms with Gasteiger partial charge in [0.2, 0.25) is 0 Å². The van der Waals surface area contributed by atoms with Gasteiger partial charge in [0.15, 0.2) is 9.76 Å². The SMILES string of the molecule is CCCN(C)CC(C[SiH2]OC(C)(C)C)(CN(C)CCC)CN(C)CCC. The molecule has 0 saturated carbocycles. The number of hydrogen-bond acceptors (Lipinski definition) is 4. The molecule has 0 amide bonds. The second kappa shape index (κ2) is 13.3. The summed E-state index contributed by atoms with van der Waals surface area (Å²) >= 11 is 0. The van der Waals surface area contributed by atoms with Crippen molar-refractivity contribution in [1.29, 1.82) is 0 Å². The zero-order valence-corrected chi connectivity index (χ0v) is 20.9. The predicted molar refractivity (Wildman–Crippen MR) is 120 cm³/mol. The average molecular weight is 388 g/mol. The molecule has 0 unspecified atom stereocenters. The van der Waals surface area contributed by atoms with Gasteiger partial charge in [-0.05, 0) is 86.9 Å². The second-order valence-corrected chi connectivity index (χ2v) is 10.6. The zero-order chi connectivity index (χ0) is 20.2. The minimum atomic E-state index is -0.548. The van der Waals surface area contributed by atoms with Crippen molar-refractivity contribution in [3.63, 3.8) is 0 Å². The second-order valence-electron chi connectivity index (χ2n) is 9.42. The molecule has 0 fully saturated rings. The van der Waals surface area contributed by atoms with E-state index in [1.54, 1.807) is 0 Å². The summed E-state index contributed by atoms with van der Waals surface area (Å²) in [6.45, 7) is 20.5. The van der Waals surface area contributed by atoms with Crippen LogP contribution in [-0.4, -0.2) is 90.5 Å². The standard InChI is InChI=1S/C21H49N3OSi/c1-10-13-22(7)16-21(17-23(8)14-11-2,18-24(9)15-12-3)19-26-25-20(4,5)6/h10-19,26H2,1-9H3. The van der Waals surface area contributed by atoms with Gasteiger partial charge in [0.25, 0.3) is 0 Å². The summed E-state index contributed by atoms with van der Waals surface area (Å²) in [7, 11) is 6.34. The predicted octanol–water partition coefficient (Wildman–Crippen LogP) is 3.32. The molecule has 0 aliphatic heterocycles. The largest absolute Gasteiger partial charge is 0.419 e. The van der Waals surface area contributed by atoms with Gasteiger partial charge in [-0.25, -0.2) is 0 Å². The van der Waals surface area contributed by atoms with Crippen LogP contribution in [0.2, 0.25) is 6.04 Å². The van der Waals surface area contributed by atoms with Crippen molar-refractivity contribution in [3.8, 4) is 0 Å². The molecule has 0 N–H and O–H groups in total. The lowest BCUT2D eigenvalue weighted by Gasteiger charge is -2.43. The molecule has 0 rings (SSSR count). The Kier molecular flexibility index (Phi) is 13.3. The summed E-state index contributed by atoms with van der Waals surface area (Å²) in [4.78, 5) is 7.64. The third-order valence-corrected chi connectivity index (χ3v) is 7.13. The fourth-order valence-electron chi connectivity index (χ4n) is 4.06. The maximum Gasteiger partial charge on any atom is 0.162 e. The minimum absolute atomic E-state index is 0.00206. The molecule has 0 aliphatic rings. The van der Waals surface area contributed by atoms with Crippen molar-refractivity contribution in [2.45, 2.75) is 72.5 Å². The Morgan fingerprint density at radius 3 is 1.31 bits per heavy atom. The third-order valence-electron chi connectivity index (χ3n) is 4.80. The molecule has 0 heterocycles. The van der Waals surface area contributed by atoms with Crippen LogP contribution in [0.5, 0.6) is 0 Å². The van der Waals surface area contributed by atoms with Gasteiger partial charge in [-0.3, -0.25) is 0 Å². The van der Waals surface area contributed by atoms with Gasteiger partial charge < -0.3 is 19.1 Å². The van der Waals surface area contributed by atoms with Crippen molar-refractivity contribution in [3.05, 3.63) is 0 Å². The molecule has 0 aromatic heterocycles. The fourth-order valence-corrected chi connectivity index (χ4v) is 5.68. The highest BCUT2D eigenvalue weighted by Gasteiger charge is 2.34. The normalized spacial score (nSPS) is 13.8. The molecule has 158 valence electrons. The molecule has 0 atom stereocenters. The van der Waals surface area contributed by atoms with Gasteiger partial charge in [0.05, 0.1) is 0 Å². The lowest BCUT2D eigenvalue weighted by atomic mass is 9.87. The van der Waals surface area contributed by atoms with E-state index in [0.29, 0.717) is 5.41 Å². The van der Waals surface area contributed by atoms with Gasteiger partial charge in [-0.1, -0.05) is 20.8 Å². The van der Waals surface area contributed by atoms with Crippen molar-refractivity contribution in [1.82, 2.24) is 14.7 Å². The van der Waals surface area contributed by atoms with E-state index in [9.17, 15) is 0 Å². The molecule has 0 aromatic carbocycles. The highest BCUT2D eigenvalue weighted by molar-refractivity contribution is 6.27. The minimum Gasteiger partial charge on any atom is -0.419 e. The van der Waals surface area contributed by atoms with Crippen LogP contribution in [0.4, 0.5) is 0 Å². The van der Waals surface area contributed by atoms with Gasteiger partial charge in [-0.15, -0.1) is 0 Å². The fraction of sp³-hybridized carbons (Fsp3) is 1.00. The Hall–Kier alpha value is 0.0569. The van der Waals surface area contributed by atoms with Gasteiger partial charge in [-0.2, -0.15) is 0 Å². The Morgan fingerprint density at radius 1 is 0.692 bits per heavy atom. The van der Waals surface area contributed by atoms with E-state index in [2.05, 4.69) is 77.4 Å². The summed E-state index contributed by atoms with van der Waals surface area (Å²) in [5, 5.41) is 0. The van der Waals surface area contributed by atoms with Gasteiger partial charge >= 0.3 is 0 Å². The molecule has 26 heavy (non-hydrogen) atoms. The van der Waals surface area contributed by atoms with Crippen LogP contribution in [0.1, 0.15) is 60.8 Å². The van der Waals surface area contributed by atoms with Crippen LogP contribution in [0, 0.1) is 5.41 Å². The van der Waals surface area contributed by atoms with Crippen LogP contribution >= 0.6 is 0 Å². The first-order valence-electron chi connectivity index (χ1n) is 10.8. The molecule has 0 aliphatic carbocycles. The van der Waals surface area contributed by atoms with E-state index in [4.69, 9.17) is 4.43 Å². The van der Waals surface area contributed by atoms with Gasteiger partial charge in [0.1, 0.15) is 0 Å². The van der Waals surface area contributed by atoms with E-state index in [1.807, 2.05) is 0 Å². The Morgan fingerprint density at radius 2 is 1.04 bits per heavy atom. The molecular weight excluding hydrogens is 338 g/mol. The van der Waals surface area contributed by atoms with Crippen LogP contribution in [0.25, 0.3) is 0 Å². The average Bonchev–Trinajstić information content (AvgIpc) is 2.45. The monoisotopic (exact) mass is 387 g/mol. The maximum atomic E-state index is 6.29. The quantitative estimate of drug-likeness (QED) is 0.401. The molecule has 0 aromatic rings. The van der Waals surface area contributed by atoms with E-state index >= 15 is 0 Å². The van der Waals surface area contributed by atoms with Crippen LogP contribution in [0.15, 0.2) is 0 Å². The molecule has 0 saturated heterocycles. The first-order chi connectivity index (χ1) is 12.1. The first-order valence-corrected chi connectivity index (χ1v) is 12.3. The zero-order valence-electron chi connectivity index (χ0n) is 19.5. The lowest BCUT2D eigenvalue weighted by Crippen LogP contribution is -2.51. The molecule has 0 radical (unpaired) electrons.